The molecule has 0 aliphatic rings. The van der Waals surface area contributed by atoms with Crippen molar-refractivity contribution in [2.75, 3.05) is 7.11 Å². The number of furan rings is 1. The molecule has 0 aliphatic heterocycles. The van der Waals surface area contributed by atoms with Gasteiger partial charge in [0.1, 0.15) is 16.5 Å². The van der Waals surface area contributed by atoms with Gasteiger partial charge >= 0.3 is 5.97 Å². The normalized spacial score (nSPS) is 11.6. The Kier molecular flexibility index (Phi) is 5.87. The van der Waals surface area contributed by atoms with E-state index >= 15 is 0 Å². The van der Waals surface area contributed by atoms with Gasteiger partial charge in [0.05, 0.1) is 19.9 Å². The van der Waals surface area contributed by atoms with Crippen LogP contribution in [0.4, 0.5) is 0 Å². The lowest BCUT2D eigenvalue weighted by Gasteiger charge is -2.12. The molecule has 0 unspecified atom stereocenters. The molecule has 7 nitrogen and oxygen atoms in total. The number of methoxy groups -OCH3 is 1. The smallest absolute Gasteiger partial charge is 0.358 e. The van der Waals surface area contributed by atoms with Crippen LogP contribution in [0.5, 0.6) is 5.75 Å². The highest BCUT2D eigenvalue weighted by Crippen LogP contribution is 2.26. The molecule has 1 N–H and O–H groups in total. The Labute approximate surface area is 159 Å². The summed E-state index contributed by atoms with van der Waals surface area (Å²) in [5, 5.41) is 4.93. The van der Waals surface area contributed by atoms with E-state index < -0.39 is 18.0 Å². The fourth-order valence-corrected chi connectivity index (χ4v) is 3.03. The van der Waals surface area contributed by atoms with Crippen molar-refractivity contribution in [3.63, 3.8) is 0 Å². The van der Waals surface area contributed by atoms with Crippen LogP contribution in [-0.2, 0) is 16.1 Å². The third-order valence-corrected chi connectivity index (χ3v) is 4.61. The third kappa shape index (κ3) is 4.73. The van der Waals surface area contributed by atoms with Crippen molar-refractivity contribution in [1.82, 2.24) is 10.3 Å². The summed E-state index contributed by atoms with van der Waals surface area (Å²) >= 11 is 1.32. The molecule has 8 heteroatoms. The van der Waals surface area contributed by atoms with Crippen molar-refractivity contribution in [3.05, 3.63) is 59.5 Å². The molecular formula is C19H18N2O5S. The largest absolute Gasteiger partial charge is 0.497 e. The number of hydrogen-bond donors (Lipinski definition) is 1. The third-order valence-electron chi connectivity index (χ3n) is 3.72. The van der Waals surface area contributed by atoms with Crippen LogP contribution in [0.2, 0.25) is 0 Å². The zero-order valence-electron chi connectivity index (χ0n) is 14.8. The van der Waals surface area contributed by atoms with E-state index in [9.17, 15) is 9.59 Å². The zero-order chi connectivity index (χ0) is 19.2. The molecule has 27 heavy (non-hydrogen) atoms. The first-order valence-corrected chi connectivity index (χ1v) is 9.06. The molecule has 0 spiro atoms. The van der Waals surface area contributed by atoms with Crippen molar-refractivity contribution >= 4 is 23.2 Å². The fourth-order valence-electron chi connectivity index (χ4n) is 2.24. The Bertz CT molecular complexity index is 903. The van der Waals surface area contributed by atoms with Crippen LogP contribution < -0.4 is 10.1 Å². The first kappa shape index (κ1) is 18.7. The first-order valence-electron chi connectivity index (χ1n) is 8.18. The second-order valence-corrected chi connectivity index (χ2v) is 6.47. The quantitative estimate of drug-likeness (QED) is 0.627. The minimum atomic E-state index is -0.946. The van der Waals surface area contributed by atoms with Gasteiger partial charge in [-0.15, -0.1) is 11.3 Å². The van der Waals surface area contributed by atoms with Gasteiger partial charge in [-0.1, -0.05) is 0 Å². The SMILES string of the molecule is COc1ccc(-c2nc(C(=O)O[C@H](C)C(=O)NCc3ccco3)cs2)cc1. The number of rotatable bonds is 7. The summed E-state index contributed by atoms with van der Waals surface area (Å²) in [4.78, 5) is 28.6. The molecule has 1 aromatic carbocycles. The molecule has 0 aliphatic carbocycles. The van der Waals surface area contributed by atoms with E-state index in [4.69, 9.17) is 13.9 Å². The minimum absolute atomic E-state index is 0.163. The highest BCUT2D eigenvalue weighted by atomic mass is 32.1. The Morgan fingerprint density at radius 2 is 2.04 bits per heavy atom. The van der Waals surface area contributed by atoms with Gasteiger partial charge in [-0.05, 0) is 43.3 Å². The number of carbonyl (C=O) groups excluding carboxylic acids is 2. The molecule has 0 saturated carbocycles. The van der Waals surface area contributed by atoms with Crippen LogP contribution in [0.15, 0.2) is 52.5 Å². The second kappa shape index (κ2) is 8.50. The lowest BCUT2D eigenvalue weighted by Crippen LogP contribution is -2.35. The summed E-state index contributed by atoms with van der Waals surface area (Å²) in [5.41, 5.74) is 1.03. The van der Waals surface area contributed by atoms with Gasteiger partial charge < -0.3 is 19.2 Å². The molecule has 0 radical (unpaired) electrons. The monoisotopic (exact) mass is 386 g/mol. The van der Waals surface area contributed by atoms with E-state index in [-0.39, 0.29) is 12.2 Å². The number of amides is 1. The molecule has 0 saturated heterocycles. The van der Waals surface area contributed by atoms with Crippen LogP contribution in [0.1, 0.15) is 23.2 Å². The van der Waals surface area contributed by atoms with Crippen molar-refractivity contribution in [1.29, 1.82) is 0 Å². The van der Waals surface area contributed by atoms with Crippen molar-refractivity contribution in [2.24, 2.45) is 0 Å². The van der Waals surface area contributed by atoms with Gasteiger partial charge in [0, 0.05) is 10.9 Å². The zero-order valence-corrected chi connectivity index (χ0v) is 15.6. The maximum atomic E-state index is 12.2. The van der Waals surface area contributed by atoms with Crippen LogP contribution >= 0.6 is 11.3 Å². The van der Waals surface area contributed by atoms with Crippen LogP contribution in [-0.4, -0.2) is 30.1 Å². The summed E-state index contributed by atoms with van der Waals surface area (Å²) in [6, 6.07) is 10.8. The van der Waals surface area contributed by atoms with E-state index in [0.29, 0.717) is 10.8 Å². The van der Waals surface area contributed by atoms with Crippen LogP contribution in [0.25, 0.3) is 10.6 Å². The lowest BCUT2D eigenvalue weighted by atomic mass is 10.2. The predicted octanol–water partition coefficient (Wildman–Crippen LogP) is 3.27. The van der Waals surface area contributed by atoms with Crippen LogP contribution in [0, 0.1) is 0 Å². The molecule has 3 aromatic rings. The molecule has 1 amide bonds. The van der Waals surface area contributed by atoms with Gasteiger partial charge in [0.15, 0.2) is 11.8 Å². The van der Waals surface area contributed by atoms with Gasteiger partial charge in [-0.25, -0.2) is 9.78 Å². The predicted molar refractivity (Wildman–Crippen MR) is 99.5 cm³/mol. The topological polar surface area (TPSA) is 90.7 Å². The second-order valence-electron chi connectivity index (χ2n) is 5.61. The molecule has 0 fully saturated rings. The number of esters is 1. The highest BCUT2D eigenvalue weighted by molar-refractivity contribution is 7.13. The summed E-state index contributed by atoms with van der Waals surface area (Å²) in [6.45, 7) is 1.73. The molecule has 140 valence electrons. The number of nitrogens with zero attached hydrogens (tertiary/aromatic N) is 1. The molecule has 0 bridgehead atoms. The maximum Gasteiger partial charge on any atom is 0.358 e. The van der Waals surface area contributed by atoms with Gasteiger partial charge in [-0.2, -0.15) is 0 Å². The molecular weight excluding hydrogens is 368 g/mol. The summed E-state index contributed by atoms with van der Waals surface area (Å²) < 4.78 is 15.5. The van der Waals surface area contributed by atoms with Crippen molar-refractivity contribution in [3.8, 4) is 16.3 Å². The molecule has 1 atom stereocenters. The Morgan fingerprint density at radius 3 is 2.70 bits per heavy atom. The summed E-state index contributed by atoms with van der Waals surface area (Å²) in [7, 11) is 1.60. The number of carbonyl (C=O) groups is 2. The van der Waals surface area contributed by atoms with Gasteiger partial charge in [0.2, 0.25) is 0 Å². The van der Waals surface area contributed by atoms with Crippen molar-refractivity contribution in [2.45, 2.75) is 19.6 Å². The van der Waals surface area contributed by atoms with E-state index in [1.807, 2.05) is 24.3 Å². The number of benzene rings is 1. The van der Waals surface area contributed by atoms with E-state index in [0.717, 1.165) is 11.3 Å². The number of thiazole rings is 1. The average Bonchev–Trinajstić information content (AvgIpc) is 3.38. The Morgan fingerprint density at radius 1 is 1.26 bits per heavy atom. The highest BCUT2D eigenvalue weighted by Gasteiger charge is 2.21. The van der Waals surface area contributed by atoms with Gasteiger partial charge in [-0.3, -0.25) is 4.79 Å². The lowest BCUT2D eigenvalue weighted by molar-refractivity contribution is -0.129. The summed E-state index contributed by atoms with van der Waals surface area (Å²) in [5.74, 6) is 0.298. The standard InChI is InChI=1S/C19H18N2O5S/c1-12(17(22)20-10-15-4-3-9-25-15)26-19(23)16-11-27-18(21-16)13-5-7-14(24-2)8-6-13/h3-9,11-12H,10H2,1-2H3,(H,20,22)/t12-/m1/s1. The Balaban J connectivity index is 1.57. The summed E-state index contributed by atoms with van der Waals surface area (Å²) in [6.07, 6.45) is 0.576. The van der Waals surface area contributed by atoms with E-state index in [1.165, 1.54) is 24.5 Å². The maximum absolute atomic E-state index is 12.2. The average molecular weight is 386 g/mol. The first-order chi connectivity index (χ1) is 13.1. The van der Waals surface area contributed by atoms with Crippen LogP contribution in [0.3, 0.4) is 0 Å². The molecule has 2 aromatic heterocycles. The van der Waals surface area contributed by atoms with E-state index in [2.05, 4.69) is 10.3 Å². The number of nitrogens with one attached hydrogen (secondary N) is 1. The van der Waals surface area contributed by atoms with E-state index in [1.54, 1.807) is 24.6 Å². The molecule has 2 heterocycles. The van der Waals surface area contributed by atoms with Crippen molar-refractivity contribution < 1.29 is 23.5 Å². The number of ether oxygens (including phenoxy) is 2. The Hall–Kier alpha value is -3.13. The molecule has 3 rings (SSSR count). The fraction of sp³-hybridized carbons (Fsp3) is 0.211. The van der Waals surface area contributed by atoms with Gasteiger partial charge in [0.25, 0.3) is 5.91 Å². The minimum Gasteiger partial charge on any atom is -0.497 e. The number of aromatic nitrogens is 1. The number of hydrogen-bond acceptors (Lipinski definition) is 7.